The van der Waals surface area contributed by atoms with E-state index in [0.29, 0.717) is 12.4 Å². The van der Waals surface area contributed by atoms with Crippen molar-refractivity contribution in [2.45, 2.75) is 6.61 Å². The van der Waals surface area contributed by atoms with E-state index in [1.54, 1.807) is 24.5 Å². The van der Waals surface area contributed by atoms with Gasteiger partial charge in [-0.05, 0) is 30.3 Å². The van der Waals surface area contributed by atoms with E-state index in [-0.39, 0.29) is 5.56 Å². The largest absolute Gasteiger partial charge is 0.489 e. The van der Waals surface area contributed by atoms with Crippen LogP contribution >= 0.6 is 0 Å². The van der Waals surface area contributed by atoms with Crippen LogP contribution in [0.2, 0.25) is 0 Å². The summed E-state index contributed by atoms with van der Waals surface area (Å²) in [5.41, 5.74) is 1.22. The minimum Gasteiger partial charge on any atom is -0.489 e. The van der Waals surface area contributed by atoms with Crippen molar-refractivity contribution < 1.29 is 14.6 Å². The molecule has 1 aromatic heterocycles. The van der Waals surface area contributed by atoms with Crippen LogP contribution in [-0.4, -0.2) is 16.1 Å². The topological polar surface area (TPSA) is 59.4 Å². The molecule has 1 heterocycles. The molecule has 0 aliphatic carbocycles. The molecule has 0 atom stereocenters. The van der Waals surface area contributed by atoms with Gasteiger partial charge in [-0.1, -0.05) is 6.07 Å². The van der Waals surface area contributed by atoms with E-state index in [9.17, 15) is 4.79 Å². The molecule has 2 rings (SSSR count). The van der Waals surface area contributed by atoms with Gasteiger partial charge in [0.25, 0.3) is 0 Å². The minimum absolute atomic E-state index is 0.249. The molecule has 0 saturated heterocycles. The number of aromatic nitrogens is 1. The zero-order valence-corrected chi connectivity index (χ0v) is 9.04. The lowest BCUT2D eigenvalue weighted by Crippen LogP contribution is -1.98. The van der Waals surface area contributed by atoms with Gasteiger partial charge in [0.15, 0.2) is 0 Å². The molecule has 0 amide bonds. The maximum Gasteiger partial charge on any atom is 0.335 e. The molecule has 0 unspecified atom stereocenters. The number of hydrogen-bond acceptors (Lipinski definition) is 3. The Hall–Kier alpha value is -2.36. The molecule has 0 saturated carbocycles. The van der Waals surface area contributed by atoms with Crippen LogP contribution in [-0.2, 0) is 6.61 Å². The quantitative estimate of drug-likeness (QED) is 0.874. The van der Waals surface area contributed by atoms with Crippen molar-refractivity contribution in [2.75, 3.05) is 0 Å². The zero-order chi connectivity index (χ0) is 12.1. The van der Waals surface area contributed by atoms with Crippen molar-refractivity contribution in [3.8, 4) is 5.75 Å². The van der Waals surface area contributed by atoms with Crippen molar-refractivity contribution >= 4 is 5.97 Å². The number of aromatic carboxylic acids is 1. The fourth-order valence-corrected chi connectivity index (χ4v) is 1.34. The van der Waals surface area contributed by atoms with E-state index >= 15 is 0 Å². The van der Waals surface area contributed by atoms with Crippen LogP contribution in [0.15, 0.2) is 48.8 Å². The number of carboxylic acid groups (broad SMARTS) is 1. The lowest BCUT2D eigenvalue weighted by atomic mass is 10.2. The summed E-state index contributed by atoms with van der Waals surface area (Å²) >= 11 is 0. The Bertz CT molecular complexity index is 494. The number of rotatable bonds is 4. The Morgan fingerprint density at radius 2 is 2.00 bits per heavy atom. The molecule has 86 valence electrons. The SMILES string of the molecule is O=C(O)c1ccc(OCc2cccnc2)cc1. The van der Waals surface area contributed by atoms with Gasteiger partial charge in [-0.3, -0.25) is 4.98 Å². The first-order chi connectivity index (χ1) is 8.25. The summed E-state index contributed by atoms with van der Waals surface area (Å²) in [7, 11) is 0. The number of benzene rings is 1. The van der Waals surface area contributed by atoms with Crippen LogP contribution in [0.4, 0.5) is 0 Å². The van der Waals surface area contributed by atoms with E-state index in [1.807, 2.05) is 12.1 Å². The van der Waals surface area contributed by atoms with Crippen LogP contribution in [0.5, 0.6) is 5.75 Å². The highest BCUT2D eigenvalue weighted by molar-refractivity contribution is 5.87. The van der Waals surface area contributed by atoms with Crippen LogP contribution < -0.4 is 4.74 Å². The highest BCUT2D eigenvalue weighted by atomic mass is 16.5. The average Bonchev–Trinajstić information content (AvgIpc) is 2.38. The summed E-state index contributed by atoms with van der Waals surface area (Å²) in [6.45, 7) is 0.417. The van der Waals surface area contributed by atoms with Crippen LogP contribution in [0.1, 0.15) is 15.9 Å². The lowest BCUT2D eigenvalue weighted by molar-refractivity contribution is 0.0697. The van der Waals surface area contributed by atoms with Gasteiger partial charge < -0.3 is 9.84 Å². The molecule has 0 radical (unpaired) electrons. The summed E-state index contributed by atoms with van der Waals surface area (Å²) in [6.07, 6.45) is 3.43. The van der Waals surface area contributed by atoms with Gasteiger partial charge in [-0.2, -0.15) is 0 Å². The molecule has 17 heavy (non-hydrogen) atoms. The molecule has 2 aromatic rings. The second kappa shape index (κ2) is 5.12. The minimum atomic E-state index is -0.941. The van der Waals surface area contributed by atoms with Crippen LogP contribution in [0.25, 0.3) is 0 Å². The highest BCUT2D eigenvalue weighted by Crippen LogP contribution is 2.13. The Kier molecular flexibility index (Phi) is 3.35. The van der Waals surface area contributed by atoms with Crippen molar-refractivity contribution in [1.29, 1.82) is 0 Å². The van der Waals surface area contributed by atoms with Crippen LogP contribution in [0.3, 0.4) is 0 Å². The molecule has 1 aromatic carbocycles. The summed E-state index contributed by atoms with van der Waals surface area (Å²) < 4.78 is 5.49. The third-order valence-electron chi connectivity index (χ3n) is 2.23. The number of hydrogen-bond donors (Lipinski definition) is 1. The number of carboxylic acids is 1. The number of nitrogens with zero attached hydrogens (tertiary/aromatic N) is 1. The predicted octanol–water partition coefficient (Wildman–Crippen LogP) is 2.36. The van der Waals surface area contributed by atoms with Crippen molar-refractivity contribution in [3.05, 3.63) is 59.9 Å². The van der Waals surface area contributed by atoms with Crippen molar-refractivity contribution in [1.82, 2.24) is 4.98 Å². The molecule has 0 aliphatic rings. The molecule has 0 spiro atoms. The third kappa shape index (κ3) is 3.04. The third-order valence-corrected chi connectivity index (χ3v) is 2.23. The first-order valence-corrected chi connectivity index (χ1v) is 5.11. The van der Waals surface area contributed by atoms with Gasteiger partial charge in [0.1, 0.15) is 12.4 Å². The second-order valence-corrected chi connectivity index (χ2v) is 3.48. The number of carbonyl (C=O) groups is 1. The number of pyridine rings is 1. The van der Waals surface area contributed by atoms with E-state index in [4.69, 9.17) is 9.84 Å². The normalized spacial score (nSPS) is 9.88. The van der Waals surface area contributed by atoms with Gasteiger partial charge in [0.05, 0.1) is 5.56 Å². The van der Waals surface area contributed by atoms with Gasteiger partial charge >= 0.3 is 5.97 Å². The Balaban J connectivity index is 1.98. The summed E-state index contributed by atoms with van der Waals surface area (Å²) in [5, 5.41) is 8.73. The Labute approximate surface area is 98.5 Å². The number of ether oxygens (including phenoxy) is 1. The fourth-order valence-electron chi connectivity index (χ4n) is 1.34. The molecular weight excluding hydrogens is 218 g/mol. The van der Waals surface area contributed by atoms with Crippen molar-refractivity contribution in [3.63, 3.8) is 0 Å². The molecular formula is C13H11NO3. The Morgan fingerprint density at radius 1 is 1.24 bits per heavy atom. The first kappa shape index (κ1) is 11.1. The lowest BCUT2D eigenvalue weighted by Gasteiger charge is -2.05. The maximum atomic E-state index is 10.6. The molecule has 4 heteroatoms. The summed E-state index contributed by atoms with van der Waals surface area (Å²) in [5.74, 6) is -0.303. The van der Waals surface area contributed by atoms with Crippen molar-refractivity contribution in [2.24, 2.45) is 0 Å². The van der Waals surface area contributed by atoms with E-state index in [2.05, 4.69) is 4.98 Å². The zero-order valence-electron chi connectivity index (χ0n) is 9.04. The Morgan fingerprint density at radius 3 is 2.59 bits per heavy atom. The first-order valence-electron chi connectivity index (χ1n) is 5.11. The van der Waals surface area contributed by atoms with Gasteiger partial charge in [0, 0.05) is 18.0 Å². The van der Waals surface area contributed by atoms with Crippen LogP contribution in [0, 0.1) is 0 Å². The monoisotopic (exact) mass is 229 g/mol. The van der Waals surface area contributed by atoms with Gasteiger partial charge in [-0.15, -0.1) is 0 Å². The molecule has 0 aliphatic heterocycles. The summed E-state index contributed by atoms with van der Waals surface area (Å²) in [4.78, 5) is 14.6. The van der Waals surface area contributed by atoms with Gasteiger partial charge in [-0.25, -0.2) is 4.79 Å². The summed E-state index contributed by atoms with van der Waals surface area (Å²) in [6, 6.07) is 10.1. The fraction of sp³-hybridized carbons (Fsp3) is 0.0769. The van der Waals surface area contributed by atoms with E-state index in [1.165, 1.54) is 12.1 Å². The molecule has 4 nitrogen and oxygen atoms in total. The molecule has 1 N–H and O–H groups in total. The molecule has 0 bridgehead atoms. The highest BCUT2D eigenvalue weighted by Gasteiger charge is 2.02. The van der Waals surface area contributed by atoms with Gasteiger partial charge in [0.2, 0.25) is 0 Å². The maximum absolute atomic E-state index is 10.6. The predicted molar refractivity (Wildman–Crippen MR) is 62.0 cm³/mol. The smallest absolute Gasteiger partial charge is 0.335 e. The van der Waals surface area contributed by atoms with E-state index < -0.39 is 5.97 Å². The second-order valence-electron chi connectivity index (χ2n) is 3.48. The average molecular weight is 229 g/mol. The standard InChI is InChI=1S/C13H11NO3/c15-13(16)11-3-5-12(6-4-11)17-9-10-2-1-7-14-8-10/h1-8H,9H2,(H,15,16). The van der Waals surface area contributed by atoms with E-state index in [0.717, 1.165) is 5.56 Å². The molecule has 0 fully saturated rings.